The standard InChI is InChI=1S/C4H9.Y/c1-4(2)3;/h1-3H3;/q-1;. The third kappa shape index (κ3) is 40.4. The average Bonchev–Trinajstić information content (AvgIpc) is 0.811. The average molecular weight is 146 g/mol. The van der Waals surface area contributed by atoms with Crippen molar-refractivity contribution >= 4 is 0 Å². The summed E-state index contributed by atoms with van der Waals surface area (Å²) < 4.78 is 0. The molecule has 0 aliphatic carbocycles. The van der Waals surface area contributed by atoms with E-state index in [-0.39, 0.29) is 32.7 Å². The van der Waals surface area contributed by atoms with Crippen LogP contribution in [0, 0.1) is 5.92 Å². The van der Waals surface area contributed by atoms with Crippen molar-refractivity contribution in [2.45, 2.75) is 20.8 Å². The monoisotopic (exact) mass is 146 g/mol. The van der Waals surface area contributed by atoms with Crippen LogP contribution in [0.15, 0.2) is 0 Å². The summed E-state index contributed by atoms with van der Waals surface area (Å²) in [6, 6.07) is 0. The van der Waals surface area contributed by atoms with Gasteiger partial charge in [-0.2, -0.15) is 20.8 Å². The summed E-state index contributed by atoms with van der Waals surface area (Å²) in [5.74, 6) is 1.42. The first-order chi connectivity index (χ1) is 1.73. The molecule has 0 amide bonds. The fourth-order valence-corrected chi connectivity index (χ4v) is 0. The van der Waals surface area contributed by atoms with Crippen LogP contribution in [0.3, 0.4) is 0 Å². The topological polar surface area (TPSA) is 0 Å². The summed E-state index contributed by atoms with van der Waals surface area (Å²) >= 11 is 0. The van der Waals surface area contributed by atoms with Gasteiger partial charge in [0.15, 0.2) is 0 Å². The fraction of sp³-hybridized carbons (Fsp3) is 0.750. The third-order valence-electron chi connectivity index (χ3n) is 0. The molecule has 1 radical (unpaired) electrons. The van der Waals surface area contributed by atoms with Gasteiger partial charge in [-0.25, -0.2) is 0 Å². The molecule has 0 atom stereocenters. The molecule has 29 valence electrons. The Morgan fingerprint density at radius 2 is 1.00 bits per heavy atom. The molecule has 5 heavy (non-hydrogen) atoms. The molecule has 0 nitrogen and oxygen atoms in total. The molecular weight excluding hydrogens is 137 g/mol. The minimum absolute atomic E-state index is 0. The Bertz CT molecular complexity index is 8.36. The zero-order valence-corrected chi connectivity index (χ0v) is 6.92. The molecule has 0 aliphatic heterocycles. The van der Waals surface area contributed by atoms with Crippen LogP contribution in [0.1, 0.15) is 20.8 Å². The molecule has 0 N–H and O–H groups in total. The molecule has 0 rings (SSSR count). The minimum atomic E-state index is 0. The van der Waals surface area contributed by atoms with Crippen LogP contribution in [-0.2, 0) is 32.7 Å². The summed E-state index contributed by atoms with van der Waals surface area (Å²) in [7, 11) is 0. The maximum absolute atomic E-state index is 2.08. The predicted octanol–water partition coefficient (Wildman–Crippen LogP) is 1.62. The van der Waals surface area contributed by atoms with Gasteiger partial charge in [0.2, 0.25) is 0 Å². The molecule has 0 saturated carbocycles. The second kappa shape index (κ2) is 5.10. The first-order valence-corrected chi connectivity index (χ1v) is 1.50. The Morgan fingerprint density at radius 3 is 1.00 bits per heavy atom. The minimum Gasteiger partial charge on any atom is -0.323 e. The first kappa shape index (κ1) is 9.44. The number of rotatable bonds is 0. The second-order valence-electron chi connectivity index (χ2n) is 1.50. The van der Waals surface area contributed by atoms with Crippen LogP contribution in [-0.4, -0.2) is 0 Å². The van der Waals surface area contributed by atoms with Gasteiger partial charge < -0.3 is 5.92 Å². The van der Waals surface area contributed by atoms with E-state index in [4.69, 9.17) is 0 Å². The van der Waals surface area contributed by atoms with Crippen LogP contribution < -0.4 is 0 Å². The van der Waals surface area contributed by atoms with E-state index in [9.17, 15) is 0 Å². The SMILES string of the molecule is C[C-](C)C.[Y]. The fourth-order valence-electron chi connectivity index (χ4n) is 0. The first-order valence-electron chi connectivity index (χ1n) is 1.50. The Labute approximate surface area is 59.2 Å². The molecule has 0 aliphatic rings. The van der Waals surface area contributed by atoms with E-state index >= 15 is 0 Å². The summed E-state index contributed by atoms with van der Waals surface area (Å²) in [6.07, 6.45) is 0. The van der Waals surface area contributed by atoms with E-state index in [0.29, 0.717) is 0 Å². The molecule has 0 spiro atoms. The summed E-state index contributed by atoms with van der Waals surface area (Å²) in [6.45, 7) is 6.25. The molecule has 0 aromatic carbocycles. The molecular formula is C4H9Y-. The summed E-state index contributed by atoms with van der Waals surface area (Å²) in [5, 5.41) is 0. The Kier molecular flexibility index (Phi) is 9.64. The van der Waals surface area contributed by atoms with Gasteiger partial charge >= 0.3 is 0 Å². The molecule has 0 bridgehead atoms. The van der Waals surface area contributed by atoms with E-state index < -0.39 is 0 Å². The second-order valence-corrected chi connectivity index (χ2v) is 1.50. The molecule has 0 heterocycles. The third-order valence-corrected chi connectivity index (χ3v) is 0. The van der Waals surface area contributed by atoms with Gasteiger partial charge in [0.25, 0.3) is 0 Å². The van der Waals surface area contributed by atoms with Crippen molar-refractivity contribution in [1.82, 2.24) is 0 Å². The Morgan fingerprint density at radius 1 is 1.00 bits per heavy atom. The van der Waals surface area contributed by atoms with Crippen LogP contribution in [0.2, 0.25) is 0 Å². The summed E-state index contributed by atoms with van der Waals surface area (Å²) in [5.41, 5.74) is 0. The van der Waals surface area contributed by atoms with Crippen molar-refractivity contribution in [2.75, 3.05) is 0 Å². The van der Waals surface area contributed by atoms with Crippen LogP contribution >= 0.6 is 0 Å². The van der Waals surface area contributed by atoms with Gasteiger partial charge in [0.1, 0.15) is 0 Å². The Balaban J connectivity index is 0. The van der Waals surface area contributed by atoms with E-state index in [1.807, 2.05) is 0 Å². The Hall–Kier alpha value is 1.10. The van der Waals surface area contributed by atoms with E-state index in [2.05, 4.69) is 20.8 Å². The van der Waals surface area contributed by atoms with Crippen molar-refractivity contribution in [3.8, 4) is 0 Å². The summed E-state index contributed by atoms with van der Waals surface area (Å²) in [4.78, 5) is 0. The van der Waals surface area contributed by atoms with Gasteiger partial charge in [-0.3, -0.25) is 0 Å². The molecule has 0 fully saturated rings. The smallest absolute Gasteiger partial charge is 0 e. The van der Waals surface area contributed by atoms with Crippen LogP contribution in [0.5, 0.6) is 0 Å². The van der Waals surface area contributed by atoms with Crippen molar-refractivity contribution < 1.29 is 32.7 Å². The largest absolute Gasteiger partial charge is 0.323 e. The van der Waals surface area contributed by atoms with E-state index in [1.54, 1.807) is 0 Å². The van der Waals surface area contributed by atoms with Crippen LogP contribution in [0.4, 0.5) is 0 Å². The van der Waals surface area contributed by atoms with Crippen molar-refractivity contribution in [1.29, 1.82) is 0 Å². The number of hydrogen-bond acceptors (Lipinski definition) is 0. The normalized spacial score (nSPS) is 7.20. The zero-order chi connectivity index (χ0) is 3.58. The van der Waals surface area contributed by atoms with Crippen LogP contribution in [0.25, 0.3) is 0 Å². The van der Waals surface area contributed by atoms with Gasteiger partial charge in [0.05, 0.1) is 0 Å². The molecule has 0 unspecified atom stereocenters. The van der Waals surface area contributed by atoms with Crippen molar-refractivity contribution in [3.05, 3.63) is 5.92 Å². The van der Waals surface area contributed by atoms with Crippen molar-refractivity contribution in [2.24, 2.45) is 0 Å². The van der Waals surface area contributed by atoms with Gasteiger partial charge in [0, 0.05) is 32.7 Å². The molecule has 0 aromatic rings. The van der Waals surface area contributed by atoms with E-state index in [0.717, 1.165) is 0 Å². The van der Waals surface area contributed by atoms with Gasteiger partial charge in [-0.15, -0.1) is 0 Å². The predicted molar refractivity (Wildman–Crippen MR) is 20.3 cm³/mol. The zero-order valence-electron chi connectivity index (χ0n) is 4.08. The maximum atomic E-state index is 2.08. The molecule has 0 aromatic heterocycles. The van der Waals surface area contributed by atoms with Crippen molar-refractivity contribution in [3.63, 3.8) is 0 Å². The van der Waals surface area contributed by atoms with Gasteiger partial charge in [-0.05, 0) is 0 Å². The maximum Gasteiger partial charge on any atom is 0 e. The van der Waals surface area contributed by atoms with Gasteiger partial charge in [-0.1, -0.05) is 0 Å². The molecule has 0 saturated heterocycles. The van der Waals surface area contributed by atoms with E-state index in [1.165, 1.54) is 5.92 Å². The molecule has 1 heteroatoms. The number of hydrogen-bond donors (Lipinski definition) is 0. The quantitative estimate of drug-likeness (QED) is 0.455.